The molecule has 5 nitrogen and oxygen atoms in total. The monoisotopic (exact) mass is 274 g/mol. The van der Waals surface area contributed by atoms with Gasteiger partial charge in [-0.2, -0.15) is 0 Å². The predicted molar refractivity (Wildman–Crippen MR) is 58.6 cm³/mol. The zero-order chi connectivity index (χ0) is 11.4. The highest BCUT2D eigenvalue weighted by molar-refractivity contribution is 9.10. The van der Waals surface area contributed by atoms with E-state index in [4.69, 9.17) is 4.74 Å². The molecule has 1 heterocycles. The highest BCUT2D eigenvalue weighted by atomic mass is 79.9. The summed E-state index contributed by atoms with van der Waals surface area (Å²) in [5, 5.41) is 10.5. The first-order chi connectivity index (χ1) is 7.04. The second-order valence-electron chi connectivity index (χ2n) is 3.16. The maximum absolute atomic E-state index is 10.5. The van der Waals surface area contributed by atoms with Crippen molar-refractivity contribution in [2.45, 2.75) is 19.4 Å². The van der Waals surface area contributed by atoms with Crippen LogP contribution in [0.1, 0.15) is 12.5 Å². The van der Waals surface area contributed by atoms with Crippen molar-refractivity contribution < 1.29 is 9.66 Å². The van der Waals surface area contributed by atoms with E-state index < -0.39 is 6.04 Å². The largest absolute Gasteiger partial charge is 0.481 e. The lowest BCUT2D eigenvalue weighted by molar-refractivity contribution is -0.517. The van der Waals surface area contributed by atoms with Crippen LogP contribution in [-0.2, 0) is 6.42 Å². The van der Waals surface area contributed by atoms with Gasteiger partial charge >= 0.3 is 0 Å². The van der Waals surface area contributed by atoms with E-state index in [1.807, 2.05) is 0 Å². The first kappa shape index (κ1) is 11.9. The van der Waals surface area contributed by atoms with Crippen LogP contribution in [0, 0.1) is 10.1 Å². The zero-order valence-corrected chi connectivity index (χ0v) is 10.0. The Morgan fingerprint density at radius 2 is 2.40 bits per heavy atom. The second kappa shape index (κ2) is 5.06. The molecule has 0 aliphatic carbocycles. The van der Waals surface area contributed by atoms with Gasteiger partial charge in [0.25, 0.3) is 0 Å². The van der Waals surface area contributed by atoms with Gasteiger partial charge in [0, 0.05) is 35.0 Å². The van der Waals surface area contributed by atoms with E-state index in [-0.39, 0.29) is 4.92 Å². The van der Waals surface area contributed by atoms with Crippen molar-refractivity contribution in [2.75, 3.05) is 7.11 Å². The van der Waals surface area contributed by atoms with Crippen LogP contribution in [0.2, 0.25) is 0 Å². The zero-order valence-electron chi connectivity index (χ0n) is 8.44. The number of halogens is 1. The summed E-state index contributed by atoms with van der Waals surface area (Å²) in [5.41, 5.74) is 0.825. The van der Waals surface area contributed by atoms with Crippen LogP contribution in [0.25, 0.3) is 0 Å². The average molecular weight is 275 g/mol. The molecule has 0 saturated carbocycles. The molecule has 1 aromatic heterocycles. The maximum Gasteiger partial charge on any atom is 0.214 e. The van der Waals surface area contributed by atoms with Gasteiger partial charge < -0.3 is 4.74 Å². The molecule has 0 radical (unpaired) electrons. The van der Waals surface area contributed by atoms with Crippen molar-refractivity contribution in [3.63, 3.8) is 0 Å². The van der Waals surface area contributed by atoms with Crippen LogP contribution in [0.15, 0.2) is 16.7 Å². The Labute approximate surface area is 95.7 Å². The van der Waals surface area contributed by atoms with Gasteiger partial charge in [-0.3, -0.25) is 10.1 Å². The Kier molecular flexibility index (Phi) is 4.02. The lowest BCUT2D eigenvalue weighted by Crippen LogP contribution is -2.18. The second-order valence-corrected chi connectivity index (χ2v) is 4.01. The number of hydrogen-bond donors (Lipinski definition) is 0. The van der Waals surface area contributed by atoms with Gasteiger partial charge in [-0.05, 0) is 21.5 Å². The standard InChI is InChI=1S/C9H11BrN2O3/c1-6(12(13)14)3-7-4-9(15-2)11-5-8(7)10/h4-6H,3H2,1-2H3. The van der Waals surface area contributed by atoms with Gasteiger partial charge in [-0.1, -0.05) is 0 Å². The molecule has 0 N–H and O–H groups in total. The number of pyridine rings is 1. The van der Waals surface area contributed by atoms with Gasteiger partial charge in [0.15, 0.2) is 0 Å². The fourth-order valence-corrected chi connectivity index (χ4v) is 1.50. The number of nitrogens with zero attached hydrogens (tertiary/aromatic N) is 2. The summed E-state index contributed by atoms with van der Waals surface area (Å²) >= 11 is 3.30. The Hall–Kier alpha value is -1.17. The van der Waals surface area contributed by atoms with Crippen molar-refractivity contribution in [2.24, 2.45) is 0 Å². The molecule has 1 atom stereocenters. The van der Waals surface area contributed by atoms with Crippen LogP contribution in [0.4, 0.5) is 0 Å². The van der Waals surface area contributed by atoms with E-state index in [9.17, 15) is 10.1 Å². The van der Waals surface area contributed by atoms with Crippen LogP contribution in [0.5, 0.6) is 5.88 Å². The van der Waals surface area contributed by atoms with E-state index >= 15 is 0 Å². The molecule has 0 saturated heterocycles. The molecule has 1 unspecified atom stereocenters. The Bertz CT molecular complexity index is 370. The lowest BCUT2D eigenvalue weighted by atomic mass is 10.1. The van der Waals surface area contributed by atoms with Crippen molar-refractivity contribution in [3.8, 4) is 5.88 Å². The van der Waals surface area contributed by atoms with E-state index in [1.165, 1.54) is 7.11 Å². The topological polar surface area (TPSA) is 65.3 Å². The summed E-state index contributed by atoms with van der Waals surface area (Å²) in [5.74, 6) is 0.462. The summed E-state index contributed by atoms with van der Waals surface area (Å²) in [6.45, 7) is 1.57. The number of hydrogen-bond acceptors (Lipinski definition) is 4. The molecule has 0 aromatic carbocycles. The highest BCUT2D eigenvalue weighted by Gasteiger charge is 2.16. The molecule has 0 amide bonds. The molecule has 0 spiro atoms. The molecule has 6 heteroatoms. The molecule has 1 aromatic rings. The van der Waals surface area contributed by atoms with Crippen LogP contribution in [-0.4, -0.2) is 23.1 Å². The fraction of sp³-hybridized carbons (Fsp3) is 0.444. The smallest absolute Gasteiger partial charge is 0.214 e. The number of aromatic nitrogens is 1. The molecule has 0 aliphatic rings. The first-order valence-corrected chi connectivity index (χ1v) is 5.15. The molecule has 0 fully saturated rings. The molecule has 0 bridgehead atoms. The fourth-order valence-electron chi connectivity index (χ4n) is 1.12. The maximum atomic E-state index is 10.5. The van der Waals surface area contributed by atoms with Crippen molar-refractivity contribution in [1.29, 1.82) is 0 Å². The normalized spacial score (nSPS) is 12.2. The first-order valence-electron chi connectivity index (χ1n) is 4.36. The average Bonchev–Trinajstić information content (AvgIpc) is 2.21. The van der Waals surface area contributed by atoms with E-state index in [1.54, 1.807) is 19.2 Å². The lowest BCUT2D eigenvalue weighted by Gasteiger charge is -2.07. The Morgan fingerprint density at radius 1 is 1.73 bits per heavy atom. The summed E-state index contributed by atoms with van der Waals surface area (Å²) < 4.78 is 5.71. The van der Waals surface area contributed by atoms with Crippen molar-refractivity contribution in [1.82, 2.24) is 4.98 Å². The number of rotatable bonds is 4. The van der Waals surface area contributed by atoms with E-state index in [0.717, 1.165) is 10.0 Å². The third-order valence-corrected chi connectivity index (χ3v) is 2.71. The van der Waals surface area contributed by atoms with Crippen LogP contribution >= 0.6 is 15.9 Å². The molecule has 15 heavy (non-hydrogen) atoms. The van der Waals surface area contributed by atoms with Gasteiger partial charge in [0.2, 0.25) is 11.9 Å². The van der Waals surface area contributed by atoms with Gasteiger partial charge in [0.05, 0.1) is 7.11 Å². The molecule has 82 valence electrons. The SMILES string of the molecule is COc1cc(CC(C)[N+](=O)[O-])c(Br)cn1. The van der Waals surface area contributed by atoms with Crippen LogP contribution in [0.3, 0.4) is 0 Å². The van der Waals surface area contributed by atoms with E-state index in [2.05, 4.69) is 20.9 Å². The summed E-state index contributed by atoms with van der Waals surface area (Å²) in [4.78, 5) is 14.2. The van der Waals surface area contributed by atoms with Gasteiger partial charge in [-0.25, -0.2) is 4.98 Å². The number of methoxy groups -OCH3 is 1. The number of ether oxygens (including phenoxy) is 1. The minimum Gasteiger partial charge on any atom is -0.481 e. The molecule has 1 rings (SSSR count). The summed E-state index contributed by atoms with van der Waals surface area (Å²) in [7, 11) is 1.51. The third-order valence-electron chi connectivity index (χ3n) is 1.99. The van der Waals surface area contributed by atoms with E-state index in [0.29, 0.717) is 12.3 Å². The Morgan fingerprint density at radius 3 is 2.93 bits per heavy atom. The van der Waals surface area contributed by atoms with Gasteiger partial charge in [0.1, 0.15) is 0 Å². The minimum absolute atomic E-state index is 0.306. The molecular weight excluding hydrogens is 264 g/mol. The summed E-state index contributed by atoms with van der Waals surface area (Å²) in [6.07, 6.45) is 1.94. The summed E-state index contributed by atoms with van der Waals surface area (Å²) in [6, 6.07) is 1.08. The number of nitro groups is 1. The molecule has 0 aliphatic heterocycles. The van der Waals surface area contributed by atoms with Crippen molar-refractivity contribution in [3.05, 3.63) is 32.4 Å². The predicted octanol–water partition coefficient (Wildman–Crippen LogP) is 2.06. The Balaban J connectivity index is 2.88. The third kappa shape index (κ3) is 3.16. The minimum atomic E-state index is -0.617. The molecular formula is C9H11BrN2O3. The quantitative estimate of drug-likeness (QED) is 0.623. The highest BCUT2D eigenvalue weighted by Crippen LogP contribution is 2.21. The van der Waals surface area contributed by atoms with Crippen LogP contribution < -0.4 is 4.74 Å². The van der Waals surface area contributed by atoms with Gasteiger partial charge in [-0.15, -0.1) is 0 Å². The van der Waals surface area contributed by atoms with Crippen molar-refractivity contribution >= 4 is 15.9 Å².